The van der Waals surface area contributed by atoms with Crippen molar-refractivity contribution in [1.82, 2.24) is 0 Å². The van der Waals surface area contributed by atoms with E-state index < -0.39 is 0 Å². The molecule has 4 heteroatoms. The topological polar surface area (TPSA) is 41.6 Å². The molecule has 0 unspecified atom stereocenters. The molecule has 1 aromatic carbocycles. The number of hydrogen-bond acceptors (Lipinski definition) is 3. The van der Waals surface area contributed by atoms with E-state index in [4.69, 9.17) is 4.74 Å². The molecule has 2 aliphatic rings. The number of nitrogens with zero attached hydrogens (tertiary/aromatic N) is 1. The summed E-state index contributed by atoms with van der Waals surface area (Å²) >= 11 is 0. The predicted octanol–water partition coefficient (Wildman–Crippen LogP) is 1.62. The van der Waals surface area contributed by atoms with Crippen LogP contribution in [-0.4, -0.2) is 31.7 Å². The van der Waals surface area contributed by atoms with Gasteiger partial charge in [0.15, 0.2) is 0 Å². The van der Waals surface area contributed by atoms with Gasteiger partial charge in [0.1, 0.15) is 0 Å². The second kappa shape index (κ2) is 4.37. The monoisotopic (exact) mass is 232 g/mol. The zero-order valence-electron chi connectivity index (χ0n) is 9.69. The third kappa shape index (κ3) is 2.13. The lowest BCUT2D eigenvalue weighted by atomic mass is 10.2. The van der Waals surface area contributed by atoms with Crippen LogP contribution in [0, 0.1) is 0 Å². The van der Waals surface area contributed by atoms with E-state index in [1.807, 2.05) is 29.2 Å². The van der Waals surface area contributed by atoms with Crippen LogP contribution in [0.3, 0.4) is 0 Å². The number of ether oxygens (including phenoxy) is 1. The Morgan fingerprint density at radius 2 is 2.24 bits per heavy atom. The summed E-state index contributed by atoms with van der Waals surface area (Å²) in [5, 5.41) is 3.39. The first kappa shape index (κ1) is 10.6. The lowest BCUT2D eigenvalue weighted by Gasteiger charge is -2.28. The molecule has 90 valence electrons. The van der Waals surface area contributed by atoms with Crippen molar-refractivity contribution in [2.24, 2.45) is 0 Å². The number of nitrogens with one attached hydrogen (secondary N) is 1. The van der Waals surface area contributed by atoms with Crippen LogP contribution in [0.5, 0.6) is 0 Å². The highest BCUT2D eigenvalue weighted by atomic mass is 16.5. The van der Waals surface area contributed by atoms with Crippen molar-refractivity contribution in [3.8, 4) is 0 Å². The molecule has 2 fully saturated rings. The second-order valence-corrected chi connectivity index (χ2v) is 4.58. The van der Waals surface area contributed by atoms with Crippen molar-refractivity contribution < 1.29 is 9.53 Å². The molecule has 0 aliphatic carbocycles. The minimum atomic E-state index is 0.231. The van der Waals surface area contributed by atoms with Crippen LogP contribution in [0.1, 0.15) is 12.8 Å². The van der Waals surface area contributed by atoms with E-state index in [0.29, 0.717) is 12.5 Å². The van der Waals surface area contributed by atoms with E-state index in [0.717, 1.165) is 37.6 Å². The highest BCUT2D eigenvalue weighted by Gasteiger charge is 2.22. The Labute approximate surface area is 101 Å². The Morgan fingerprint density at radius 1 is 1.35 bits per heavy atom. The van der Waals surface area contributed by atoms with E-state index in [1.165, 1.54) is 0 Å². The zero-order chi connectivity index (χ0) is 11.7. The van der Waals surface area contributed by atoms with Gasteiger partial charge in [-0.05, 0) is 24.6 Å². The van der Waals surface area contributed by atoms with Gasteiger partial charge in [-0.15, -0.1) is 0 Å². The average Bonchev–Trinajstić information content (AvgIpc) is 2.71. The van der Waals surface area contributed by atoms with Gasteiger partial charge in [0, 0.05) is 24.3 Å². The first-order chi connectivity index (χ1) is 8.33. The van der Waals surface area contributed by atoms with Crippen molar-refractivity contribution in [3.05, 3.63) is 24.3 Å². The van der Waals surface area contributed by atoms with E-state index in [-0.39, 0.29) is 5.91 Å². The molecule has 1 N–H and O–H groups in total. The van der Waals surface area contributed by atoms with Gasteiger partial charge in [0.25, 0.3) is 0 Å². The number of amides is 1. The Hall–Kier alpha value is -1.55. The smallest absolute Gasteiger partial charge is 0.227 e. The normalized spacial score (nSPS) is 20.5. The van der Waals surface area contributed by atoms with Crippen LogP contribution in [0.2, 0.25) is 0 Å². The number of hydrogen-bond donors (Lipinski definition) is 1. The van der Waals surface area contributed by atoms with E-state index in [2.05, 4.69) is 5.32 Å². The molecule has 1 amide bonds. The molecule has 0 spiro atoms. The molecule has 17 heavy (non-hydrogen) atoms. The quantitative estimate of drug-likeness (QED) is 0.861. The Kier molecular flexibility index (Phi) is 2.73. The summed E-state index contributed by atoms with van der Waals surface area (Å²) in [4.78, 5) is 13.5. The van der Waals surface area contributed by atoms with Crippen molar-refractivity contribution in [3.63, 3.8) is 0 Å². The van der Waals surface area contributed by atoms with Crippen LogP contribution < -0.4 is 10.2 Å². The Bertz CT molecular complexity index is 429. The van der Waals surface area contributed by atoms with Crippen LogP contribution in [-0.2, 0) is 9.53 Å². The van der Waals surface area contributed by atoms with Crippen molar-refractivity contribution in [2.75, 3.05) is 30.0 Å². The van der Waals surface area contributed by atoms with Gasteiger partial charge >= 0.3 is 0 Å². The fourth-order valence-corrected chi connectivity index (χ4v) is 2.24. The molecule has 0 bridgehead atoms. The Morgan fingerprint density at radius 3 is 2.88 bits per heavy atom. The largest absolute Gasteiger partial charge is 0.378 e. The molecular formula is C13H16N2O2. The summed E-state index contributed by atoms with van der Waals surface area (Å²) in [6, 6.07) is 8.47. The van der Waals surface area contributed by atoms with E-state index in [9.17, 15) is 4.79 Å². The number of anilines is 2. The van der Waals surface area contributed by atoms with Gasteiger partial charge in [-0.1, -0.05) is 6.07 Å². The molecule has 2 heterocycles. The third-order valence-corrected chi connectivity index (χ3v) is 3.24. The van der Waals surface area contributed by atoms with Crippen molar-refractivity contribution in [2.45, 2.75) is 18.9 Å². The van der Waals surface area contributed by atoms with Gasteiger partial charge < -0.3 is 15.0 Å². The van der Waals surface area contributed by atoms with Crippen LogP contribution in [0.25, 0.3) is 0 Å². The summed E-state index contributed by atoms with van der Waals surface area (Å²) in [6.07, 6.45) is 1.64. The van der Waals surface area contributed by atoms with Crippen LogP contribution >= 0.6 is 0 Å². The van der Waals surface area contributed by atoms with Crippen LogP contribution in [0.15, 0.2) is 24.3 Å². The molecule has 2 aliphatic heterocycles. The Balaban J connectivity index is 1.75. The molecule has 4 nitrogen and oxygen atoms in total. The highest BCUT2D eigenvalue weighted by Crippen LogP contribution is 2.25. The predicted molar refractivity (Wildman–Crippen MR) is 66.3 cm³/mol. The summed E-state index contributed by atoms with van der Waals surface area (Å²) in [6.45, 7) is 2.38. The number of rotatable bonds is 3. The molecule has 1 aromatic rings. The number of carbonyl (C=O) groups is 1. The van der Waals surface area contributed by atoms with E-state index >= 15 is 0 Å². The zero-order valence-corrected chi connectivity index (χ0v) is 9.69. The minimum Gasteiger partial charge on any atom is -0.378 e. The first-order valence-electron chi connectivity index (χ1n) is 6.08. The molecule has 0 aromatic heterocycles. The van der Waals surface area contributed by atoms with Crippen molar-refractivity contribution in [1.29, 1.82) is 0 Å². The van der Waals surface area contributed by atoms with Crippen LogP contribution in [0.4, 0.5) is 11.4 Å². The van der Waals surface area contributed by atoms with Gasteiger partial charge in [0.05, 0.1) is 19.3 Å². The number of benzene rings is 1. The summed E-state index contributed by atoms with van der Waals surface area (Å²) in [5.41, 5.74) is 2.06. The fourth-order valence-electron chi connectivity index (χ4n) is 2.24. The highest BCUT2D eigenvalue weighted by molar-refractivity contribution is 5.95. The SMILES string of the molecule is O=C1CCCN1c1cccc(NC2COC2)c1. The summed E-state index contributed by atoms with van der Waals surface area (Å²) < 4.78 is 5.13. The maximum Gasteiger partial charge on any atom is 0.227 e. The second-order valence-electron chi connectivity index (χ2n) is 4.58. The number of carbonyl (C=O) groups excluding carboxylic acids is 1. The molecular weight excluding hydrogens is 216 g/mol. The lowest BCUT2D eigenvalue weighted by molar-refractivity contribution is -0.117. The first-order valence-corrected chi connectivity index (χ1v) is 6.08. The molecule has 0 atom stereocenters. The van der Waals surface area contributed by atoms with Gasteiger partial charge in [-0.2, -0.15) is 0 Å². The van der Waals surface area contributed by atoms with Crippen molar-refractivity contribution >= 4 is 17.3 Å². The van der Waals surface area contributed by atoms with Gasteiger partial charge in [0.2, 0.25) is 5.91 Å². The molecule has 0 saturated carbocycles. The molecule has 2 saturated heterocycles. The summed E-state index contributed by atoms with van der Waals surface area (Å²) in [5.74, 6) is 0.231. The third-order valence-electron chi connectivity index (χ3n) is 3.24. The lowest BCUT2D eigenvalue weighted by Crippen LogP contribution is -2.40. The maximum atomic E-state index is 11.7. The fraction of sp³-hybridized carbons (Fsp3) is 0.462. The molecule has 3 rings (SSSR count). The standard InChI is InChI=1S/C13H16N2O2/c16-13-5-2-6-15(13)12-4-1-3-10(7-12)14-11-8-17-9-11/h1,3-4,7,11,14H,2,5-6,8-9H2. The van der Waals surface area contributed by atoms with Gasteiger partial charge in [-0.3, -0.25) is 4.79 Å². The average molecular weight is 232 g/mol. The van der Waals surface area contributed by atoms with Gasteiger partial charge in [-0.25, -0.2) is 0 Å². The summed E-state index contributed by atoms with van der Waals surface area (Å²) in [7, 11) is 0. The maximum absolute atomic E-state index is 11.7. The molecule has 0 radical (unpaired) electrons. The van der Waals surface area contributed by atoms with E-state index in [1.54, 1.807) is 0 Å². The minimum absolute atomic E-state index is 0.231.